The second-order valence-electron chi connectivity index (χ2n) is 2.20. The normalized spacial score (nSPS) is 22.3. The summed E-state index contributed by atoms with van der Waals surface area (Å²) in [6.45, 7) is -3.30. The van der Waals surface area contributed by atoms with Crippen LogP contribution in [0.4, 0.5) is 0 Å². The summed E-state index contributed by atoms with van der Waals surface area (Å²) in [6.07, 6.45) is 0. The Kier molecular flexibility index (Phi) is 2.31. The fraction of sp³-hybridized carbons (Fsp3) is 0. The molecule has 68 valence electrons. The molecule has 1 spiro atoms. The van der Waals surface area contributed by atoms with Crippen molar-refractivity contribution in [3.63, 3.8) is 0 Å². The van der Waals surface area contributed by atoms with Gasteiger partial charge in [-0.25, -0.2) is 19.2 Å². The summed E-state index contributed by atoms with van der Waals surface area (Å²) in [6, 6.07) is 0. The molecule has 14 heavy (non-hydrogen) atoms. The largest absolute Gasteiger partial charge is 1.00 e. The minimum atomic E-state index is -3.30. The Morgan fingerprint density at radius 1 is 0.643 bits per heavy atom. The molecule has 0 unspecified atom stereocenters. The SMILES string of the molecule is O=C1O[B-]2(OC1=O)OC(=O)C(=O)O2.[Li+]. The minimum absolute atomic E-state index is 0. The van der Waals surface area contributed by atoms with Crippen LogP contribution in [0, 0.1) is 0 Å². The van der Waals surface area contributed by atoms with Crippen molar-refractivity contribution in [1.82, 2.24) is 0 Å². The van der Waals surface area contributed by atoms with Gasteiger partial charge in [0, 0.05) is 0 Å². The van der Waals surface area contributed by atoms with Crippen molar-refractivity contribution in [2.45, 2.75) is 0 Å². The first kappa shape index (κ1) is 10.6. The molecule has 0 aromatic heterocycles. The van der Waals surface area contributed by atoms with Crippen molar-refractivity contribution < 1.29 is 56.7 Å². The van der Waals surface area contributed by atoms with Crippen LogP contribution in [0.1, 0.15) is 0 Å². The molecule has 10 heteroatoms. The fourth-order valence-electron chi connectivity index (χ4n) is 0.861. The molecule has 0 bridgehead atoms. The molecule has 0 saturated carbocycles. The van der Waals surface area contributed by atoms with Crippen LogP contribution in [-0.2, 0) is 37.8 Å². The van der Waals surface area contributed by atoms with E-state index in [1.807, 2.05) is 0 Å². The van der Waals surface area contributed by atoms with Crippen molar-refractivity contribution in [3.05, 3.63) is 0 Å². The van der Waals surface area contributed by atoms with E-state index in [9.17, 15) is 19.2 Å². The van der Waals surface area contributed by atoms with Crippen molar-refractivity contribution in [2.75, 3.05) is 0 Å². The van der Waals surface area contributed by atoms with Crippen LogP contribution in [0.25, 0.3) is 0 Å². The monoisotopic (exact) mass is 194 g/mol. The Labute approximate surface area is 88.0 Å². The fourth-order valence-corrected chi connectivity index (χ4v) is 0.861. The van der Waals surface area contributed by atoms with Gasteiger partial charge < -0.3 is 18.6 Å². The van der Waals surface area contributed by atoms with E-state index >= 15 is 0 Å². The van der Waals surface area contributed by atoms with Crippen molar-refractivity contribution >= 4 is 30.8 Å². The van der Waals surface area contributed by atoms with Gasteiger partial charge in [0.15, 0.2) is 0 Å². The Balaban J connectivity index is 0.000000980. The molecular formula is C4BLiO8. The minimum Gasteiger partial charge on any atom is -0.576 e. The second-order valence-corrected chi connectivity index (χ2v) is 2.20. The van der Waals surface area contributed by atoms with Crippen LogP contribution in [0.15, 0.2) is 0 Å². The zero-order valence-electron chi connectivity index (χ0n) is 6.84. The van der Waals surface area contributed by atoms with Gasteiger partial charge in [0.25, 0.3) is 0 Å². The molecule has 0 N–H and O–H groups in total. The van der Waals surface area contributed by atoms with Crippen molar-refractivity contribution in [2.24, 2.45) is 0 Å². The van der Waals surface area contributed by atoms with Crippen LogP contribution in [0.3, 0.4) is 0 Å². The molecule has 2 saturated heterocycles. The van der Waals surface area contributed by atoms with E-state index in [2.05, 4.69) is 18.6 Å². The van der Waals surface area contributed by atoms with Gasteiger partial charge in [-0.15, -0.1) is 0 Å². The summed E-state index contributed by atoms with van der Waals surface area (Å²) in [4.78, 5) is 41.9. The van der Waals surface area contributed by atoms with Crippen LogP contribution >= 0.6 is 0 Å². The van der Waals surface area contributed by atoms with Crippen LogP contribution < -0.4 is 18.9 Å². The van der Waals surface area contributed by atoms with E-state index in [4.69, 9.17) is 0 Å². The summed E-state index contributed by atoms with van der Waals surface area (Å²) >= 11 is 0. The Bertz CT molecular complexity index is 280. The predicted molar refractivity (Wildman–Crippen MR) is 30.1 cm³/mol. The standard InChI is InChI=1S/C4BO8.Li/c6-1-2(7)11-5(10-1)12-3(8)4(9)13-5;/q-1;+1. The van der Waals surface area contributed by atoms with Gasteiger partial charge in [-0.3, -0.25) is 0 Å². The van der Waals surface area contributed by atoms with Gasteiger partial charge in [0.1, 0.15) is 0 Å². The molecule has 0 radical (unpaired) electrons. The first-order chi connectivity index (χ1) is 6.02. The first-order valence-corrected chi connectivity index (χ1v) is 3.08. The third kappa shape index (κ3) is 1.36. The van der Waals surface area contributed by atoms with E-state index in [1.165, 1.54) is 0 Å². The number of hydrogen-bond donors (Lipinski definition) is 0. The van der Waals surface area contributed by atoms with Crippen molar-refractivity contribution in [3.8, 4) is 0 Å². The molecule has 2 rings (SSSR count). The summed E-state index contributed by atoms with van der Waals surface area (Å²) < 4.78 is 16.5. The molecule has 8 nitrogen and oxygen atoms in total. The third-order valence-corrected chi connectivity index (χ3v) is 1.34. The maximum absolute atomic E-state index is 10.5. The van der Waals surface area contributed by atoms with Gasteiger partial charge >= 0.3 is 49.7 Å². The Morgan fingerprint density at radius 2 is 0.857 bits per heavy atom. The average Bonchev–Trinajstić information content (AvgIpc) is 2.39. The van der Waals surface area contributed by atoms with Crippen LogP contribution in [0.2, 0.25) is 0 Å². The zero-order chi connectivity index (χ0) is 9.64. The molecule has 0 aromatic carbocycles. The molecule has 0 amide bonds. The van der Waals surface area contributed by atoms with E-state index in [0.29, 0.717) is 0 Å². The van der Waals surface area contributed by atoms with E-state index in [0.717, 1.165) is 0 Å². The number of carbonyl (C=O) groups excluding carboxylic acids is 4. The molecule has 2 fully saturated rings. The average molecular weight is 194 g/mol. The molecule has 0 aromatic rings. The molecule has 2 heterocycles. The van der Waals surface area contributed by atoms with Crippen molar-refractivity contribution in [1.29, 1.82) is 0 Å². The molecule has 2 aliphatic rings. The topological polar surface area (TPSA) is 105 Å². The van der Waals surface area contributed by atoms with E-state index in [-0.39, 0.29) is 18.9 Å². The zero-order valence-corrected chi connectivity index (χ0v) is 6.84. The smallest absolute Gasteiger partial charge is 0.576 e. The maximum Gasteiger partial charge on any atom is 1.00 e. The summed E-state index contributed by atoms with van der Waals surface area (Å²) in [5, 5.41) is 0. The first-order valence-electron chi connectivity index (χ1n) is 3.08. The van der Waals surface area contributed by atoms with Gasteiger partial charge in [-0.2, -0.15) is 0 Å². The molecule has 2 aliphatic heterocycles. The van der Waals surface area contributed by atoms with E-state index < -0.39 is 30.8 Å². The third-order valence-electron chi connectivity index (χ3n) is 1.34. The van der Waals surface area contributed by atoms with E-state index in [1.54, 1.807) is 0 Å². The number of hydrogen-bond acceptors (Lipinski definition) is 8. The number of rotatable bonds is 0. The quantitative estimate of drug-likeness (QED) is 0.278. The van der Waals surface area contributed by atoms with Gasteiger partial charge in [-0.1, -0.05) is 0 Å². The van der Waals surface area contributed by atoms with Gasteiger partial charge in [0.2, 0.25) is 0 Å². The van der Waals surface area contributed by atoms with Gasteiger partial charge in [-0.05, 0) is 0 Å². The van der Waals surface area contributed by atoms with Gasteiger partial charge in [0.05, 0.1) is 0 Å². The van der Waals surface area contributed by atoms with Crippen LogP contribution in [-0.4, -0.2) is 30.8 Å². The second kappa shape index (κ2) is 3.04. The summed E-state index contributed by atoms with van der Waals surface area (Å²) in [5.74, 6) is -5.49. The van der Waals surface area contributed by atoms with Crippen LogP contribution in [0.5, 0.6) is 0 Å². The number of carbonyl (C=O) groups is 4. The maximum atomic E-state index is 10.5. The Morgan fingerprint density at radius 3 is 1.07 bits per heavy atom. The molecular weight excluding hydrogens is 194 g/mol. The molecule has 0 atom stereocenters. The summed E-state index contributed by atoms with van der Waals surface area (Å²) in [5.41, 5.74) is 0. The Hall–Kier alpha value is -1.46. The summed E-state index contributed by atoms with van der Waals surface area (Å²) in [7, 11) is 0. The predicted octanol–water partition coefficient (Wildman–Crippen LogP) is -5.37. The molecule has 0 aliphatic carbocycles.